The third kappa shape index (κ3) is 2.18. The lowest BCUT2D eigenvalue weighted by Crippen LogP contribution is -2.22. The van der Waals surface area contributed by atoms with Gasteiger partial charge in [-0.2, -0.15) is 5.10 Å². The molecular weight excluding hydrogens is 194 g/mol. The van der Waals surface area contributed by atoms with E-state index in [-0.39, 0.29) is 5.92 Å². The van der Waals surface area contributed by atoms with Gasteiger partial charge in [-0.15, -0.1) is 0 Å². The molecular formula is C10H17N3O2. The molecule has 3 N–H and O–H groups in total. The van der Waals surface area contributed by atoms with E-state index in [1.807, 2.05) is 20.8 Å². The number of aromatic nitrogens is 2. The Morgan fingerprint density at radius 1 is 1.67 bits per heavy atom. The van der Waals surface area contributed by atoms with Crippen LogP contribution in [-0.4, -0.2) is 20.9 Å². The summed E-state index contributed by atoms with van der Waals surface area (Å²) in [5, 5.41) is 13.0. The molecule has 1 heterocycles. The normalized spacial score (nSPS) is 13.1. The molecule has 15 heavy (non-hydrogen) atoms. The Kier molecular flexibility index (Phi) is 3.47. The quantitative estimate of drug-likeness (QED) is 0.781. The molecule has 0 bridgehead atoms. The lowest BCUT2D eigenvalue weighted by atomic mass is 10.0. The van der Waals surface area contributed by atoms with Gasteiger partial charge in [-0.1, -0.05) is 13.8 Å². The average Bonchev–Trinajstić information content (AvgIpc) is 2.59. The van der Waals surface area contributed by atoms with Gasteiger partial charge in [-0.25, -0.2) is 0 Å². The summed E-state index contributed by atoms with van der Waals surface area (Å²) in [7, 11) is 0. The Morgan fingerprint density at radius 2 is 2.27 bits per heavy atom. The average molecular weight is 211 g/mol. The van der Waals surface area contributed by atoms with E-state index < -0.39 is 12.0 Å². The van der Waals surface area contributed by atoms with E-state index in [1.54, 1.807) is 10.9 Å². The van der Waals surface area contributed by atoms with Gasteiger partial charge in [0.2, 0.25) is 0 Å². The smallest absolute Gasteiger partial charge is 0.325 e. The standard InChI is InChI=1S/C10H17N3O2/c1-4-13-9(6(2)3)7(5-12-13)8(11)10(14)15/h5-6,8H,4,11H2,1-3H3,(H,14,15). The van der Waals surface area contributed by atoms with Crippen molar-refractivity contribution in [2.45, 2.75) is 39.3 Å². The van der Waals surface area contributed by atoms with Crippen LogP contribution in [0.5, 0.6) is 0 Å². The number of nitrogens with zero attached hydrogens (tertiary/aromatic N) is 2. The maximum absolute atomic E-state index is 10.8. The lowest BCUT2D eigenvalue weighted by molar-refractivity contribution is -0.138. The molecule has 1 aromatic heterocycles. The minimum absolute atomic E-state index is 0.216. The van der Waals surface area contributed by atoms with Gasteiger partial charge >= 0.3 is 5.97 Å². The zero-order chi connectivity index (χ0) is 11.6. The molecule has 1 aromatic rings. The Labute approximate surface area is 88.9 Å². The summed E-state index contributed by atoms with van der Waals surface area (Å²) in [5.74, 6) is -0.805. The third-order valence-electron chi connectivity index (χ3n) is 2.36. The lowest BCUT2D eigenvalue weighted by Gasteiger charge is -2.13. The minimum atomic E-state index is -1.02. The molecule has 84 valence electrons. The Balaban J connectivity index is 3.18. The van der Waals surface area contributed by atoms with Crippen LogP contribution in [0.2, 0.25) is 0 Å². The van der Waals surface area contributed by atoms with Crippen molar-refractivity contribution in [1.29, 1.82) is 0 Å². The molecule has 1 rings (SSSR count). The van der Waals surface area contributed by atoms with E-state index in [9.17, 15) is 4.79 Å². The van der Waals surface area contributed by atoms with Gasteiger partial charge in [0.05, 0.1) is 6.20 Å². The number of aliphatic carboxylic acids is 1. The van der Waals surface area contributed by atoms with E-state index in [0.29, 0.717) is 5.56 Å². The molecule has 0 amide bonds. The number of aryl methyl sites for hydroxylation is 1. The Hall–Kier alpha value is -1.36. The van der Waals surface area contributed by atoms with Crippen molar-refractivity contribution in [3.63, 3.8) is 0 Å². The van der Waals surface area contributed by atoms with Crippen molar-refractivity contribution in [1.82, 2.24) is 9.78 Å². The number of hydrogen-bond acceptors (Lipinski definition) is 3. The highest BCUT2D eigenvalue weighted by atomic mass is 16.4. The van der Waals surface area contributed by atoms with Crippen LogP contribution < -0.4 is 5.73 Å². The number of carboxylic acids is 1. The second-order valence-corrected chi connectivity index (χ2v) is 3.77. The summed E-state index contributed by atoms with van der Waals surface area (Å²) in [5.41, 5.74) is 7.11. The van der Waals surface area contributed by atoms with Gasteiger partial charge in [-0.05, 0) is 12.8 Å². The second kappa shape index (κ2) is 4.44. The fourth-order valence-electron chi connectivity index (χ4n) is 1.67. The van der Waals surface area contributed by atoms with E-state index >= 15 is 0 Å². The molecule has 1 unspecified atom stereocenters. The first kappa shape index (κ1) is 11.7. The number of carbonyl (C=O) groups is 1. The zero-order valence-electron chi connectivity index (χ0n) is 9.27. The summed E-state index contributed by atoms with van der Waals surface area (Å²) in [6.07, 6.45) is 1.55. The maximum atomic E-state index is 10.8. The number of carboxylic acid groups (broad SMARTS) is 1. The Bertz CT molecular complexity index is 358. The predicted molar refractivity (Wildman–Crippen MR) is 56.6 cm³/mol. The molecule has 5 heteroatoms. The summed E-state index contributed by atoms with van der Waals surface area (Å²) in [6.45, 7) is 6.69. The number of hydrogen-bond donors (Lipinski definition) is 2. The first-order valence-electron chi connectivity index (χ1n) is 5.03. The highest BCUT2D eigenvalue weighted by Gasteiger charge is 2.23. The molecule has 0 aromatic carbocycles. The highest BCUT2D eigenvalue weighted by molar-refractivity contribution is 5.75. The van der Waals surface area contributed by atoms with Crippen molar-refractivity contribution in [3.05, 3.63) is 17.5 Å². The second-order valence-electron chi connectivity index (χ2n) is 3.77. The van der Waals surface area contributed by atoms with Gasteiger partial charge in [0.1, 0.15) is 6.04 Å². The number of rotatable bonds is 4. The monoisotopic (exact) mass is 211 g/mol. The molecule has 0 saturated heterocycles. The summed E-state index contributed by atoms with van der Waals surface area (Å²) in [4.78, 5) is 10.8. The SMILES string of the molecule is CCn1ncc(C(N)C(=O)O)c1C(C)C. The summed E-state index contributed by atoms with van der Waals surface area (Å²) >= 11 is 0. The molecule has 0 aliphatic rings. The first-order chi connectivity index (χ1) is 6.99. The van der Waals surface area contributed by atoms with E-state index in [1.165, 1.54) is 0 Å². The Morgan fingerprint density at radius 3 is 2.67 bits per heavy atom. The van der Waals surface area contributed by atoms with Gasteiger partial charge < -0.3 is 10.8 Å². The fourth-order valence-corrected chi connectivity index (χ4v) is 1.67. The van der Waals surface area contributed by atoms with Crippen LogP contribution in [0, 0.1) is 0 Å². The van der Waals surface area contributed by atoms with Gasteiger partial charge in [0.15, 0.2) is 0 Å². The molecule has 1 atom stereocenters. The minimum Gasteiger partial charge on any atom is -0.480 e. The molecule has 0 aliphatic carbocycles. The van der Waals surface area contributed by atoms with Crippen LogP contribution in [0.15, 0.2) is 6.20 Å². The summed E-state index contributed by atoms with van der Waals surface area (Å²) in [6, 6.07) is -0.984. The summed E-state index contributed by atoms with van der Waals surface area (Å²) < 4.78 is 1.79. The van der Waals surface area contributed by atoms with Crippen LogP contribution in [0.3, 0.4) is 0 Å². The van der Waals surface area contributed by atoms with Gasteiger partial charge in [0, 0.05) is 17.8 Å². The highest BCUT2D eigenvalue weighted by Crippen LogP contribution is 2.23. The van der Waals surface area contributed by atoms with Crippen LogP contribution in [-0.2, 0) is 11.3 Å². The van der Waals surface area contributed by atoms with E-state index in [4.69, 9.17) is 10.8 Å². The fraction of sp³-hybridized carbons (Fsp3) is 0.600. The third-order valence-corrected chi connectivity index (χ3v) is 2.36. The molecule has 0 spiro atoms. The van der Waals surface area contributed by atoms with Crippen LogP contribution in [0.1, 0.15) is 44.0 Å². The van der Waals surface area contributed by atoms with Crippen molar-refractivity contribution in [2.75, 3.05) is 0 Å². The maximum Gasteiger partial charge on any atom is 0.325 e. The molecule has 0 radical (unpaired) electrons. The van der Waals surface area contributed by atoms with Gasteiger partial charge in [-0.3, -0.25) is 9.48 Å². The van der Waals surface area contributed by atoms with Crippen molar-refractivity contribution in [2.24, 2.45) is 5.73 Å². The topological polar surface area (TPSA) is 81.1 Å². The van der Waals surface area contributed by atoms with Crippen LogP contribution in [0.4, 0.5) is 0 Å². The van der Waals surface area contributed by atoms with Crippen LogP contribution >= 0.6 is 0 Å². The van der Waals surface area contributed by atoms with Crippen molar-refractivity contribution in [3.8, 4) is 0 Å². The molecule has 0 fully saturated rings. The van der Waals surface area contributed by atoms with Gasteiger partial charge in [0.25, 0.3) is 0 Å². The van der Waals surface area contributed by atoms with E-state index in [0.717, 1.165) is 12.2 Å². The zero-order valence-corrected chi connectivity index (χ0v) is 9.27. The number of nitrogens with two attached hydrogens (primary N) is 1. The molecule has 5 nitrogen and oxygen atoms in total. The van der Waals surface area contributed by atoms with Crippen molar-refractivity contribution < 1.29 is 9.90 Å². The van der Waals surface area contributed by atoms with Crippen LogP contribution in [0.25, 0.3) is 0 Å². The molecule has 0 aliphatic heterocycles. The largest absolute Gasteiger partial charge is 0.480 e. The molecule has 0 saturated carbocycles. The van der Waals surface area contributed by atoms with Crippen molar-refractivity contribution >= 4 is 5.97 Å². The first-order valence-corrected chi connectivity index (χ1v) is 5.03. The van der Waals surface area contributed by atoms with E-state index in [2.05, 4.69) is 5.10 Å². The predicted octanol–water partition coefficient (Wildman–Crippen LogP) is 1.11.